The summed E-state index contributed by atoms with van der Waals surface area (Å²) in [6, 6.07) is 6.01. The van der Waals surface area contributed by atoms with E-state index in [4.69, 9.17) is 4.52 Å². The van der Waals surface area contributed by atoms with Gasteiger partial charge in [0, 0.05) is 19.2 Å². The maximum Gasteiger partial charge on any atom is 0.282 e. The molecule has 1 amide bonds. The predicted octanol–water partition coefficient (Wildman–Crippen LogP) is 2.31. The Morgan fingerprint density at radius 2 is 2.22 bits per heavy atom. The minimum atomic E-state index is -0.532. The fourth-order valence-electron chi connectivity index (χ4n) is 2.83. The highest BCUT2D eigenvalue weighted by molar-refractivity contribution is 5.98. The van der Waals surface area contributed by atoms with Gasteiger partial charge < -0.3 is 9.42 Å². The van der Waals surface area contributed by atoms with E-state index in [0.717, 1.165) is 12.8 Å². The van der Waals surface area contributed by atoms with E-state index in [1.807, 2.05) is 0 Å². The Balaban J connectivity index is 1.81. The number of nitro benzene ring substituents is 1. The second kappa shape index (κ2) is 6.15. The Hall–Kier alpha value is -2.77. The molecule has 2 heterocycles. The molecule has 2 aromatic rings. The number of carbonyl (C=O) groups excluding carboxylic acids is 1. The van der Waals surface area contributed by atoms with Crippen molar-refractivity contribution in [1.82, 2.24) is 15.0 Å². The average Bonchev–Trinajstić information content (AvgIpc) is 3.01. The summed E-state index contributed by atoms with van der Waals surface area (Å²) in [5.41, 5.74) is -0.0619. The SMILES string of the molecule is Cc1noc([C@@H]2CCCN(C(=O)c3ccccc3[N+](=O)[O-])C2)n1. The lowest BCUT2D eigenvalue weighted by atomic mass is 9.97. The van der Waals surface area contributed by atoms with Crippen molar-refractivity contribution in [3.8, 4) is 0 Å². The second-order valence-electron chi connectivity index (χ2n) is 5.54. The van der Waals surface area contributed by atoms with Crippen molar-refractivity contribution in [3.63, 3.8) is 0 Å². The van der Waals surface area contributed by atoms with Crippen LogP contribution in [-0.2, 0) is 0 Å². The summed E-state index contributed by atoms with van der Waals surface area (Å²) in [4.78, 5) is 29.1. The largest absolute Gasteiger partial charge is 0.339 e. The molecule has 1 fully saturated rings. The number of hydrogen-bond acceptors (Lipinski definition) is 6. The summed E-state index contributed by atoms with van der Waals surface area (Å²) < 4.78 is 5.19. The first-order chi connectivity index (χ1) is 11.1. The predicted molar refractivity (Wildman–Crippen MR) is 80.0 cm³/mol. The van der Waals surface area contributed by atoms with Gasteiger partial charge in [-0.05, 0) is 25.8 Å². The summed E-state index contributed by atoms with van der Waals surface area (Å²) in [5.74, 6) is 0.708. The molecule has 1 aromatic heterocycles. The van der Waals surface area contributed by atoms with Crippen LogP contribution in [0.25, 0.3) is 0 Å². The maximum atomic E-state index is 12.7. The highest BCUT2D eigenvalue weighted by atomic mass is 16.6. The lowest BCUT2D eigenvalue weighted by molar-refractivity contribution is -0.385. The molecule has 1 saturated heterocycles. The highest BCUT2D eigenvalue weighted by Crippen LogP contribution is 2.28. The first-order valence-electron chi connectivity index (χ1n) is 7.39. The Bertz CT molecular complexity index is 743. The Kier molecular flexibility index (Phi) is 4.05. The van der Waals surface area contributed by atoms with Crippen LogP contribution < -0.4 is 0 Å². The molecular formula is C15H16N4O4. The number of piperidine rings is 1. The first kappa shape index (κ1) is 15.1. The third kappa shape index (κ3) is 3.05. The van der Waals surface area contributed by atoms with E-state index in [0.29, 0.717) is 24.8 Å². The van der Waals surface area contributed by atoms with E-state index in [9.17, 15) is 14.9 Å². The Morgan fingerprint density at radius 1 is 1.43 bits per heavy atom. The number of hydrogen-bond donors (Lipinski definition) is 0. The van der Waals surface area contributed by atoms with E-state index in [1.165, 1.54) is 12.1 Å². The van der Waals surface area contributed by atoms with Crippen LogP contribution in [0.1, 0.15) is 40.8 Å². The number of carbonyl (C=O) groups is 1. The second-order valence-corrected chi connectivity index (χ2v) is 5.54. The van der Waals surface area contributed by atoms with Gasteiger partial charge in [-0.25, -0.2) is 0 Å². The topological polar surface area (TPSA) is 102 Å². The molecular weight excluding hydrogens is 300 g/mol. The van der Waals surface area contributed by atoms with Crippen molar-refractivity contribution < 1.29 is 14.2 Å². The number of amides is 1. The fourth-order valence-corrected chi connectivity index (χ4v) is 2.83. The first-order valence-corrected chi connectivity index (χ1v) is 7.39. The number of nitrogens with zero attached hydrogens (tertiary/aromatic N) is 4. The van der Waals surface area contributed by atoms with Crippen molar-refractivity contribution >= 4 is 11.6 Å². The molecule has 0 radical (unpaired) electrons. The summed E-state index contributed by atoms with van der Waals surface area (Å²) >= 11 is 0. The van der Waals surface area contributed by atoms with E-state index >= 15 is 0 Å². The molecule has 0 spiro atoms. The van der Waals surface area contributed by atoms with Gasteiger partial charge >= 0.3 is 0 Å². The van der Waals surface area contributed by atoms with Crippen LogP contribution in [-0.4, -0.2) is 39.0 Å². The van der Waals surface area contributed by atoms with Gasteiger partial charge in [-0.3, -0.25) is 14.9 Å². The number of nitro groups is 1. The number of para-hydroxylation sites is 1. The lowest BCUT2D eigenvalue weighted by Gasteiger charge is -2.30. The molecule has 1 aliphatic heterocycles. The van der Waals surface area contributed by atoms with Crippen molar-refractivity contribution in [3.05, 3.63) is 51.7 Å². The quantitative estimate of drug-likeness (QED) is 0.636. The normalized spacial score (nSPS) is 18.0. The third-order valence-corrected chi connectivity index (χ3v) is 3.93. The third-order valence-electron chi connectivity index (χ3n) is 3.93. The molecule has 0 saturated carbocycles. The van der Waals surface area contributed by atoms with Crippen molar-refractivity contribution in [2.45, 2.75) is 25.7 Å². The lowest BCUT2D eigenvalue weighted by Crippen LogP contribution is -2.39. The number of aromatic nitrogens is 2. The number of likely N-dealkylation sites (tertiary alicyclic amines) is 1. The molecule has 0 aliphatic carbocycles. The van der Waals surface area contributed by atoms with Gasteiger partial charge in [0.05, 0.1) is 10.8 Å². The smallest absolute Gasteiger partial charge is 0.282 e. The maximum absolute atomic E-state index is 12.7. The van der Waals surface area contributed by atoms with Crippen LogP contribution in [0.3, 0.4) is 0 Å². The molecule has 3 rings (SSSR count). The molecule has 0 bridgehead atoms. The minimum absolute atomic E-state index is 0.0309. The van der Waals surface area contributed by atoms with Crippen LogP contribution in [0.15, 0.2) is 28.8 Å². The van der Waals surface area contributed by atoms with E-state index in [-0.39, 0.29) is 23.1 Å². The molecule has 8 nitrogen and oxygen atoms in total. The van der Waals surface area contributed by atoms with Crippen LogP contribution in [0.4, 0.5) is 5.69 Å². The van der Waals surface area contributed by atoms with Crippen LogP contribution >= 0.6 is 0 Å². The summed E-state index contributed by atoms with van der Waals surface area (Å²) in [5, 5.41) is 14.9. The molecule has 120 valence electrons. The van der Waals surface area contributed by atoms with Crippen LogP contribution in [0, 0.1) is 17.0 Å². The molecule has 8 heteroatoms. The average molecular weight is 316 g/mol. The monoisotopic (exact) mass is 316 g/mol. The number of rotatable bonds is 3. The van der Waals surface area contributed by atoms with E-state index in [2.05, 4.69) is 10.1 Å². The molecule has 1 aliphatic rings. The molecule has 1 aromatic carbocycles. The van der Waals surface area contributed by atoms with Gasteiger partial charge in [0.2, 0.25) is 5.89 Å². The summed E-state index contributed by atoms with van der Waals surface area (Å²) in [6.07, 6.45) is 1.64. The van der Waals surface area contributed by atoms with Gasteiger partial charge in [-0.2, -0.15) is 4.98 Å². The van der Waals surface area contributed by atoms with Gasteiger partial charge in [0.25, 0.3) is 11.6 Å². The Morgan fingerprint density at radius 3 is 2.91 bits per heavy atom. The Labute approximate surface area is 132 Å². The zero-order chi connectivity index (χ0) is 16.4. The number of aryl methyl sites for hydroxylation is 1. The van der Waals surface area contributed by atoms with Crippen molar-refractivity contribution in [1.29, 1.82) is 0 Å². The van der Waals surface area contributed by atoms with Crippen LogP contribution in [0.5, 0.6) is 0 Å². The van der Waals surface area contributed by atoms with Gasteiger partial charge in [0.15, 0.2) is 5.82 Å². The van der Waals surface area contributed by atoms with Gasteiger partial charge in [0.1, 0.15) is 5.56 Å². The molecule has 1 atom stereocenters. The zero-order valence-electron chi connectivity index (χ0n) is 12.6. The highest BCUT2D eigenvalue weighted by Gasteiger charge is 2.31. The number of benzene rings is 1. The fraction of sp³-hybridized carbons (Fsp3) is 0.400. The van der Waals surface area contributed by atoms with Crippen molar-refractivity contribution in [2.24, 2.45) is 0 Å². The van der Waals surface area contributed by atoms with Crippen molar-refractivity contribution in [2.75, 3.05) is 13.1 Å². The summed E-state index contributed by atoms with van der Waals surface area (Å²) in [6.45, 7) is 2.73. The summed E-state index contributed by atoms with van der Waals surface area (Å²) in [7, 11) is 0. The van der Waals surface area contributed by atoms with Crippen LogP contribution in [0.2, 0.25) is 0 Å². The van der Waals surface area contributed by atoms with E-state index in [1.54, 1.807) is 24.0 Å². The standard InChI is InChI=1S/C15H16N4O4/c1-10-16-14(23-17-10)11-5-4-8-18(9-11)15(20)12-6-2-3-7-13(12)19(21)22/h2-3,6-7,11H,4-5,8-9H2,1H3/t11-/m1/s1. The molecule has 0 unspecified atom stereocenters. The molecule has 23 heavy (non-hydrogen) atoms. The van der Waals surface area contributed by atoms with E-state index < -0.39 is 4.92 Å². The van der Waals surface area contributed by atoms with Gasteiger partial charge in [-0.15, -0.1) is 0 Å². The molecule has 0 N–H and O–H groups in total. The van der Waals surface area contributed by atoms with Gasteiger partial charge in [-0.1, -0.05) is 17.3 Å². The minimum Gasteiger partial charge on any atom is -0.339 e. The zero-order valence-corrected chi connectivity index (χ0v) is 12.6.